The standard InChI is InChI=1S/C20H22N2O/c23-19(17-7-3-1-4-8-17)21-13-11-20(12-14-21)15-22(16-20)18-9-5-2-6-10-18/h1-10H,11-16H2. The van der Waals surface area contributed by atoms with Crippen molar-refractivity contribution in [1.29, 1.82) is 0 Å². The summed E-state index contributed by atoms with van der Waals surface area (Å²) in [5, 5.41) is 0. The second kappa shape index (κ2) is 5.73. The molecule has 2 aromatic carbocycles. The first kappa shape index (κ1) is 14.3. The van der Waals surface area contributed by atoms with Crippen molar-refractivity contribution in [2.75, 3.05) is 31.1 Å². The first-order valence-electron chi connectivity index (χ1n) is 8.40. The maximum absolute atomic E-state index is 12.5. The molecule has 0 bridgehead atoms. The minimum absolute atomic E-state index is 0.180. The number of rotatable bonds is 2. The van der Waals surface area contributed by atoms with Crippen LogP contribution in [0, 0.1) is 5.41 Å². The van der Waals surface area contributed by atoms with E-state index in [1.54, 1.807) is 0 Å². The average Bonchev–Trinajstić information content (AvgIpc) is 2.61. The largest absolute Gasteiger partial charge is 0.370 e. The number of carbonyl (C=O) groups excluding carboxylic acids is 1. The Morgan fingerprint density at radius 1 is 0.826 bits per heavy atom. The van der Waals surface area contributed by atoms with Crippen molar-refractivity contribution in [2.45, 2.75) is 12.8 Å². The van der Waals surface area contributed by atoms with E-state index in [1.165, 1.54) is 5.69 Å². The number of likely N-dealkylation sites (tertiary alicyclic amines) is 1. The van der Waals surface area contributed by atoms with E-state index in [4.69, 9.17) is 0 Å². The van der Waals surface area contributed by atoms with Gasteiger partial charge < -0.3 is 9.80 Å². The Bertz CT molecular complexity index is 667. The summed E-state index contributed by atoms with van der Waals surface area (Å²) in [4.78, 5) is 17.0. The zero-order valence-corrected chi connectivity index (χ0v) is 13.3. The van der Waals surface area contributed by atoms with E-state index in [1.807, 2.05) is 35.2 Å². The predicted molar refractivity (Wildman–Crippen MR) is 92.7 cm³/mol. The number of carbonyl (C=O) groups is 1. The van der Waals surface area contributed by atoms with Crippen LogP contribution in [0.4, 0.5) is 5.69 Å². The molecule has 2 fully saturated rings. The Balaban J connectivity index is 1.35. The molecule has 1 amide bonds. The van der Waals surface area contributed by atoms with Crippen LogP contribution in [0.3, 0.4) is 0 Å². The van der Waals surface area contributed by atoms with E-state index in [0.717, 1.165) is 44.6 Å². The molecule has 4 rings (SSSR count). The van der Waals surface area contributed by atoms with E-state index in [2.05, 4.69) is 35.2 Å². The van der Waals surface area contributed by atoms with Gasteiger partial charge in [0.15, 0.2) is 0 Å². The molecule has 0 radical (unpaired) electrons. The second-order valence-electron chi connectivity index (χ2n) is 6.85. The molecular formula is C20H22N2O. The van der Waals surface area contributed by atoms with Crippen molar-refractivity contribution in [3.05, 3.63) is 66.2 Å². The maximum Gasteiger partial charge on any atom is 0.253 e. The normalized spacial score (nSPS) is 19.5. The number of hydrogen-bond acceptors (Lipinski definition) is 2. The first-order valence-corrected chi connectivity index (χ1v) is 8.40. The molecule has 2 saturated heterocycles. The molecule has 2 aromatic rings. The third kappa shape index (κ3) is 2.72. The number of piperidine rings is 1. The molecular weight excluding hydrogens is 284 g/mol. The number of anilines is 1. The Morgan fingerprint density at radius 3 is 2.00 bits per heavy atom. The van der Waals surface area contributed by atoms with Crippen LogP contribution in [0.5, 0.6) is 0 Å². The van der Waals surface area contributed by atoms with Gasteiger partial charge in [0.2, 0.25) is 0 Å². The van der Waals surface area contributed by atoms with Gasteiger partial charge in [-0.05, 0) is 37.1 Å². The summed E-state index contributed by atoms with van der Waals surface area (Å²) in [6, 6.07) is 20.3. The molecule has 1 spiro atoms. The molecule has 3 heteroatoms. The van der Waals surface area contributed by atoms with Gasteiger partial charge in [0.25, 0.3) is 5.91 Å². The number of nitrogens with zero attached hydrogens (tertiary/aromatic N) is 2. The summed E-state index contributed by atoms with van der Waals surface area (Å²) in [5.41, 5.74) is 2.55. The highest BCUT2D eigenvalue weighted by molar-refractivity contribution is 5.94. The van der Waals surface area contributed by atoms with Gasteiger partial charge in [-0.1, -0.05) is 36.4 Å². The summed E-state index contributed by atoms with van der Waals surface area (Å²) in [5.74, 6) is 0.180. The highest BCUT2D eigenvalue weighted by Crippen LogP contribution is 2.42. The Labute approximate surface area is 137 Å². The van der Waals surface area contributed by atoms with E-state index >= 15 is 0 Å². The predicted octanol–water partition coefficient (Wildman–Crippen LogP) is 3.43. The quantitative estimate of drug-likeness (QED) is 0.848. The van der Waals surface area contributed by atoms with Gasteiger partial charge in [0, 0.05) is 42.8 Å². The lowest BCUT2D eigenvalue weighted by Crippen LogP contribution is -2.61. The Hall–Kier alpha value is -2.29. The molecule has 118 valence electrons. The van der Waals surface area contributed by atoms with Gasteiger partial charge in [-0.2, -0.15) is 0 Å². The third-order valence-corrected chi connectivity index (χ3v) is 5.31. The van der Waals surface area contributed by atoms with Gasteiger partial charge >= 0.3 is 0 Å². The van der Waals surface area contributed by atoms with Crippen molar-refractivity contribution in [1.82, 2.24) is 4.90 Å². The van der Waals surface area contributed by atoms with Gasteiger partial charge in [0.1, 0.15) is 0 Å². The lowest BCUT2D eigenvalue weighted by Gasteiger charge is -2.55. The number of para-hydroxylation sites is 1. The van der Waals surface area contributed by atoms with Gasteiger partial charge in [-0.15, -0.1) is 0 Å². The minimum atomic E-state index is 0.180. The Kier molecular flexibility index (Phi) is 3.56. The van der Waals surface area contributed by atoms with Crippen LogP contribution in [0.15, 0.2) is 60.7 Å². The SMILES string of the molecule is O=C(c1ccccc1)N1CCC2(CC1)CN(c1ccccc1)C2. The average molecular weight is 306 g/mol. The molecule has 0 N–H and O–H groups in total. The van der Waals surface area contributed by atoms with E-state index in [0.29, 0.717) is 5.41 Å². The molecule has 2 aliphatic rings. The molecule has 3 nitrogen and oxygen atoms in total. The second-order valence-corrected chi connectivity index (χ2v) is 6.85. The van der Waals surface area contributed by atoms with E-state index in [-0.39, 0.29) is 5.91 Å². The molecule has 0 atom stereocenters. The van der Waals surface area contributed by atoms with Crippen LogP contribution in [-0.4, -0.2) is 37.0 Å². The van der Waals surface area contributed by atoms with Gasteiger partial charge in [-0.3, -0.25) is 4.79 Å². The zero-order valence-electron chi connectivity index (χ0n) is 13.3. The van der Waals surface area contributed by atoms with Crippen LogP contribution >= 0.6 is 0 Å². The molecule has 0 aromatic heterocycles. The van der Waals surface area contributed by atoms with Crippen molar-refractivity contribution in [3.63, 3.8) is 0 Å². The van der Waals surface area contributed by atoms with E-state index < -0.39 is 0 Å². The Morgan fingerprint density at radius 2 is 1.39 bits per heavy atom. The fourth-order valence-electron chi connectivity index (χ4n) is 3.85. The fourth-order valence-corrected chi connectivity index (χ4v) is 3.85. The van der Waals surface area contributed by atoms with Crippen LogP contribution in [0.1, 0.15) is 23.2 Å². The van der Waals surface area contributed by atoms with Crippen LogP contribution in [0.2, 0.25) is 0 Å². The number of hydrogen-bond donors (Lipinski definition) is 0. The van der Waals surface area contributed by atoms with Crippen molar-refractivity contribution >= 4 is 11.6 Å². The minimum Gasteiger partial charge on any atom is -0.370 e. The van der Waals surface area contributed by atoms with Crippen LogP contribution < -0.4 is 4.90 Å². The third-order valence-electron chi connectivity index (χ3n) is 5.31. The molecule has 2 heterocycles. The first-order chi connectivity index (χ1) is 11.3. The lowest BCUT2D eigenvalue weighted by atomic mass is 9.71. The summed E-state index contributed by atoms with van der Waals surface area (Å²) in [7, 11) is 0. The monoisotopic (exact) mass is 306 g/mol. The van der Waals surface area contributed by atoms with Gasteiger partial charge in [0.05, 0.1) is 0 Å². The topological polar surface area (TPSA) is 23.6 Å². The summed E-state index contributed by atoms with van der Waals surface area (Å²) in [6.07, 6.45) is 2.24. The lowest BCUT2D eigenvalue weighted by molar-refractivity contribution is 0.0503. The molecule has 0 unspecified atom stereocenters. The fraction of sp³-hybridized carbons (Fsp3) is 0.350. The summed E-state index contributed by atoms with van der Waals surface area (Å²) in [6.45, 7) is 4.03. The number of amides is 1. The van der Waals surface area contributed by atoms with Crippen molar-refractivity contribution in [2.24, 2.45) is 5.41 Å². The zero-order chi connectivity index (χ0) is 15.7. The molecule has 0 aliphatic carbocycles. The summed E-state index contributed by atoms with van der Waals surface area (Å²) >= 11 is 0. The van der Waals surface area contributed by atoms with Crippen LogP contribution in [-0.2, 0) is 0 Å². The molecule has 0 saturated carbocycles. The van der Waals surface area contributed by atoms with Crippen molar-refractivity contribution < 1.29 is 4.79 Å². The van der Waals surface area contributed by atoms with Crippen LogP contribution in [0.25, 0.3) is 0 Å². The molecule has 2 aliphatic heterocycles. The van der Waals surface area contributed by atoms with E-state index in [9.17, 15) is 4.79 Å². The summed E-state index contributed by atoms with van der Waals surface area (Å²) < 4.78 is 0. The molecule has 23 heavy (non-hydrogen) atoms. The highest BCUT2D eigenvalue weighted by atomic mass is 16.2. The number of benzene rings is 2. The smallest absolute Gasteiger partial charge is 0.253 e. The van der Waals surface area contributed by atoms with Crippen molar-refractivity contribution in [3.8, 4) is 0 Å². The highest BCUT2D eigenvalue weighted by Gasteiger charge is 2.45. The van der Waals surface area contributed by atoms with Gasteiger partial charge in [-0.25, -0.2) is 0 Å². The maximum atomic E-state index is 12.5.